The molecule has 174 valence electrons. The fraction of sp³-hybridized carbons (Fsp3) is 0.640. The molecule has 0 amide bonds. The Morgan fingerprint density at radius 2 is 2.19 bits per heavy atom. The fourth-order valence-electron chi connectivity index (χ4n) is 4.42. The van der Waals surface area contributed by atoms with E-state index in [9.17, 15) is 15.0 Å². The van der Waals surface area contributed by atoms with Crippen LogP contribution in [0.25, 0.3) is 0 Å². The van der Waals surface area contributed by atoms with Crippen LogP contribution in [0.15, 0.2) is 34.8 Å². The van der Waals surface area contributed by atoms with E-state index in [1.807, 2.05) is 6.08 Å². The molecule has 5 atom stereocenters. The average Bonchev–Trinajstić information content (AvgIpc) is 3.24. The number of carbonyl (C=O) groups excluding carboxylic acids is 1. The van der Waals surface area contributed by atoms with E-state index in [1.165, 1.54) is 16.9 Å². The van der Waals surface area contributed by atoms with Gasteiger partial charge in [0.15, 0.2) is 0 Å². The molecule has 1 fully saturated rings. The van der Waals surface area contributed by atoms with Crippen molar-refractivity contribution < 1.29 is 19.7 Å². The minimum atomic E-state index is -0.467. The van der Waals surface area contributed by atoms with Gasteiger partial charge in [-0.15, -0.1) is 11.3 Å². The number of rotatable bonds is 12. The normalized spacial score (nSPS) is 25.0. The van der Waals surface area contributed by atoms with Gasteiger partial charge >= 0.3 is 5.97 Å². The number of thiophene rings is 1. The van der Waals surface area contributed by atoms with E-state index < -0.39 is 6.10 Å². The van der Waals surface area contributed by atoms with Gasteiger partial charge in [-0.2, -0.15) is 0 Å². The van der Waals surface area contributed by atoms with Crippen LogP contribution < -0.4 is 0 Å². The van der Waals surface area contributed by atoms with Gasteiger partial charge in [-0.25, -0.2) is 0 Å². The molecule has 2 rings (SSSR count). The standard InChI is InChI=1S/C25H37BrO4S/c1-4-18-15-24(28)22(9-7-5-6-8-10-25(29)30-3)21(18)14-12-19(27)11-13-20-16-23(26)17(2)31-20/h5,7,12,14,16,18-19,21-22,24,27-28H,4,6,8-11,13,15H2,1-3H3/b7-5-,14-12+/t18-,19+,21+,22-,24?/m1/s1. The maximum atomic E-state index is 11.2. The van der Waals surface area contributed by atoms with Gasteiger partial charge in [0.2, 0.25) is 0 Å². The highest BCUT2D eigenvalue weighted by Gasteiger charge is 2.39. The Hall–Kier alpha value is -0.950. The van der Waals surface area contributed by atoms with E-state index in [4.69, 9.17) is 0 Å². The molecule has 1 unspecified atom stereocenters. The fourth-order valence-corrected chi connectivity index (χ4v) is 6.04. The summed E-state index contributed by atoms with van der Waals surface area (Å²) in [5, 5.41) is 21.1. The van der Waals surface area contributed by atoms with E-state index >= 15 is 0 Å². The van der Waals surface area contributed by atoms with Gasteiger partial charge in [0.1, 0.15) is 0 Å². The molecule has 1 aromatic rings. The molecule has 0 saturated heterocycles. The van der Waals surface area contributed by atoms with E-state index in [0.29, 0.717) is 18.8 Å². The van der Waals surface area contributed by atoms with Crippen LogP contribution >= 0.6 is 27.3 Å². The zero-order valence-electron chi connectivity index (χ0n) is 18.9. The molecule has 1 aliphatic carbocycles. The number of allylic oxidation sites excluding steroid dienone is 3. The van der Waals surface area contributed by atoms with Crippen molar-refractivity contribution in [2.75, 3.05) is 7.11 Å². The van der Waals surface area contributed by atoms with Crippen LogP contribution in [0.4, 0.5) is 0 Å². The molecule has 6 heteroatoms. The monoisotopic (exact) mass is 512 g/mol. The zero-order valence-corrected chi connectivity index (χ0v) is 21.3. The predicted octanol–water partition coefficient (Wildman–Crippen LogP) is 5.98. The number of methoxy groups -OCH3 is 1. The third-order valence-electron chi connectivity index (χ3n) is 6.31. The minimum Gasteiger partial charge on any atom is -0.469 e. The molecule has 0 aliphatic heterocycles. The lowest BCUT2D eigenvalue weighted by Crippen LogP contribution is -2.19. The number of ether oxygens (including phenoxy) is 1. The second-order valence-electron chi connectivity index (χ2n) is 8.50. The van der Waals surface area contributed by atoms with Crippen LogP contribution in [0.1, 0.15) is 61.6 Å². The topological polar surface area (TPSA) is 66.8 Å². The van der Waals surface area contributed by atoms with Gasteiger partial charge in [-0.05, 0) is 85.2 Å². The molecular weight excluding hydrogens is 476 g/mol. The first-order valence-corrected chi connectivity index (χ1v) is 13.0. The molecule has 0 aromatic carbocycles. The van der Waals surface area contributed by atoms with E-state index in [-0.39, 0.29) is 23.9 Å². The number of carbonyl (C=O) groups is 1. The van der Waals surface area contributed by atoms with Gasteiger partial charge in [0.05, 0.1) is 19.3 Å². The maximum Gasteiger partial charge on any atom is 0.305 e. The first-order chi connectivity index (χ1) is 14.8. The smallest absolute Gasteiger partial charge is 0.305 e. The van der Waals surface area contributed by atoms with Gasteiger partial charge in [0, 0.05) is 20.6 Å². The van der Waals surface area contributed by atoms with E-state index in [1.54, 1.807) is 11.3 Å². The van der Waals surface area contributed by atoms with Crippen LogP contribution in [-0.2, 0) is 16.0 Å². The zero-order chi connectivity index (χ0) is 22.8. The highest BCUT2D eigenvalue weighted by atomic mass is 79.9. The van der Waals surface area contributed by atoms with E-state index in [0.717, 1.165) is 43.0 Å². The van der Waals surface area contributed by atoms with Crippen molar-refractivity contribution in [1.29, 1.82) is 0 Å². The van der Waals surface area contributed by atoms with Gasteiger partial charge in [-0.1, -0.05) is 37.6 Å². The lowest BCUT2D eigenvalue weighted by atomic mass is 9.85. The number of halogens is 1. The average molecular weight is 514 g/mol. The van der Waals surface area contributed by atoms with Crippen LogP contribution in [-0.4, -0.2) is 35.5 Å². The van der Waals surface area contributed by atoms with Crippen molar-refractivity contribution >= 4 is 33.2 Å². The van der Waals surface area contributed by atoms with Gasteiger partial charge in [-0.3, -0.25) is 4.79 Å². The quantitative estimate of drug-likeness (QED) is 0.205. The maximum absolute atomic E-state index is 11.2. The number of unbranched alkanes of at least 4 members (excludes halogenated alkanes) is 1. The molecule has 0 radical (unpaired) electrons. The Kier molecular flexibility index (Phi) is 11.5. The van der Waals surface area contributed by atoms with Crippen molar-refractivity contribution in [3.05, 3.63) is 44.6 Å². The summed E-state index contributed by atoms with van der Waals surface area (Å²) < 4.78 is 5.80. The first kappa shape index (κ1) is 26.3. The summed E-state index contributed by atoms with van der Waals surface area (Å²) in [7, 11) is 1.41. The highest BCUT2D eigenvalue weighted by molar-refractivity contribution is 9.10. The Labute approximate surface area is 199 Å². The number of aliphatic hydroxyl groups excluding tert-OH is 2. The number of aliphatic hydroxyl groups is 2. The SMILES string of the molecule is CC[C@@H]1CC(O)[C@H](C/C=C\CCCC(=O)OC)[C@H]1/C=C/[C@@H](O)CCc1cc(Br)c(C)s1. The Morgan fingerprint density at radius 1 is 1.42 bits per heavy atom. The molecule has 31 heavy (non-hydrogen) atoms. The van der Waals surface area contributed by atoms with Crippen LogP contribution in [0.3, 0.4) is 0 Å². The number of hydrogen-bond donors (Lipinski definition) is 2. The van der Waals surface area contributed by atoms with Crippen molar-refractivity contribution in [1.82, 2.24) is 0 Å². The number of hydrogen-bond acceptors (Lipinski definition) is 5. The Bertz CT molecular complexity index is 722. The highest BCUT2D eigenvalue weighted by Crippen LogP contribution is 2.42. The predicted molar refractivity (Wildman–Crippen MR) is 131 cm³/mol. The van der Waals surface area contributed by atoms with Crippen LogP contribution in [0.2, 0.25) is 0 Å². The number of esters is 1. The molecule has 1 aliphatic rings. The summed E-state index contributed by atoms with van der Waals surface area (Å²) in [6.07, 6.45) is 13.9. The Balaban J connectivity index is 1.86. The molecular formula is C25H37BrO4S. The van der Waals surface area contributed by atoms with Gasteiger partial charge < -0.3 is 14.9 Å². The molecule has 2 N–H and O–H groups in total. The summed E-state index contributed by atoms with van der Waals surface area (Å²) in [5.41, 5.74) is 0. The molecule has 0 spiro atoms. The molecule has 1 saturated carbocycles. The molecule has 4 nitrogen and oxygen atoms in total. The summed E-state index contributed by atoms with van der Waals surface area (Å²) in [6, 6.07) is 2.14. The van der Waals surface area contributed by atoms with Crippen LogP contribution in [0.5, 0.6) is 0 Å². The summed E-state index contributed by atoms with van der Waals surface area (Å²) >= 11 is 5.33. The number of aryl methyl sites for hydroxylation is 2. The van der Waals surface area contributed by atoms with Crippen molar-refractivity contribution in [2.24, 2.45) is 17.8 Å². The van der Waals surface area contributed by atoms with Crippen molar-refractivity contribution in [2.45, 2.75) is 77.4 Å². The van der Waals surface area contributed by atoms with Gasteiger partial charge in [0.25, 0.3) is 0 Å². The molecule has 1 aromatic heterocycles. The second kappa shape index (κ2) is 13.6. The molecule has 1 heterocycles. The Morgan fingerprint density at radius 3 is 2.84 bits per heavy atom. The second-order valence-corrected chi connectivity index (χ2v) is 10.7. The van der Waals surface area contributed by atoms with E-state index in [2.05, 4.69) is 58.8 Å². The largest absolute Gasteiger partial charge is 0.469 e. The summed E-state index contributed by atoms with van der Waals surface area (Å²) in [6.45, 7) is 4.27. The first-order valence-electron chi connectivity index (χ1n) is 11.4. The van der Waals surface area contributed by atoms with Crippen LogP contribution in [0, 0.1) is 24.7 Å². The third-order valence-corrected chi connectivity index (χ3v) is 8.50. The minimum absolute atomic E-state index is 0.170. The lowest BCUT2D eigenvalue weighted by Gasteiger charge is -2.21. The molecule has 0 bridgehead atoms. The lowest BCUT2D eigenvalue weighted by molar-refractivity contribution is -0.140. The third kappa shape index (κ3) is 8.49. The summed E-state index contributed by atoms with van der Waals surface area (Å²) in [5.74, 6) is 0.747. The van der Waals surface area contributed by atoms with Crippen molar-refractivity contribution in [3.8, 4) is 0 Å². The van der Waals surface area contributed by atoms with Crippen molar-refractivity contribution in [3.63, 3.8) is 0 Å². The summed E-state index contributed by atoms with van der Waals surface area (Å²) in [4.78, 5) is 13.7.